The molecule has 1 aromatic heterocycles. The molecule has 14 heavy (non-hydrogen) atoms. The molecule has 1 aromatic rings. The molecule has 76 valence electrons. The molecule has 1 unspecified atom stereocenters. The summed E-state index contributed by atoms with van der Waals surface area (Å²) in [5.74, 6) is -0.224. The second-order valence-corrected chi connectivity index (χ2v) is 3.32. The number of furan rings is 1. The molecule has 1 rings (SSSR count). The number of carbonyl (C=O) groups is 1. The van der Waals surface area contributed by atoms with E-state index in [1.54, 1.807) is 6.07 Å². The number of nitrogens with two attached hydrogens (primary N) is 1. The van der Waals surface area contributed by atoms with Crippen molar-refractivity contribution in [1.29, 1.82) is 0 Å². The maximum Gasteiger partial charge on any atom is 0.255 e. The summed E-state index contributed by atoms with van der Waals surface area (Å²) in [5.41, 5.74) is 5.91. The van der Waals surface area contributed by atoms with Crippen LogP contribution in [0.25, 0.3) is 0 Å². The third-order valence-corrected chi connectivity index (χ3v) is 2.12. The molecule has 0 saturated heterocycles. The Labute approximate surface area is 87.5 Å². The first-order valence-electron chi connectivity index (χ1n) is 4.27. The molecule has 1 amide bonds. The zero-order chi connectivity index (χ0) is 10.6. The van der Waals surface area contributed by atoms with Crippen LogP contribution >= 0.6 is 12.2 Å². The highest BCUT2D eigenvalue weighted by Crippen LogP contribution is 2.01. The average Bonchev–Trinajstić information content (AvgIpc) is 2.65. The molecule has 0 aliphatic rings. The molecule has 0 bridgehead atoms. The maximum atomic E-state index is 11.5. The van der Waals surface area contributed by atoms with E-state index in [1.165, 1.54) is 12.5 Å². The van der Waals surface area contributed by atoms with Gasteiger partial charge in [-0.3, -0.25) is 4.79 Å². The van der Waals surface area contributed by atoms with Crippen molar-refractivity contribution < 1.29 is 9.21 Å². The largest absolute Gasteiger partial charge is 0.472 e. The summed E-state index contributed by atoms with van der Waals surface area (Å²) >= 11 is 4.80. The van der Waals surface area contributed by atoms with Gasteiger partial charge in [0.1, 0.15) is 6.26 Å². The minimum Gasteiger partial charge on any atom is -0.472 e. The molecule has 0 aromatic carbocycles. The fourth-order valence-electron chi connectivity index (χ4n) is 1.01. The Morgan fingerprint density at radius 2 is 2.50 bits per heavy atom. The van der Waals surface area contributed by atoms with E-state index in [-0.39, 0.29) is 11.9 Å². The highest BCUT2D eigenvalue weighted by Gasteiger charge is 2.14. The first-order valence-corrected chi connectivity index (χ1v) is 4.68. The summed E-state index contributed by atoms with van der Waals surface area (Å²) in [6.45, 7) is 1.90. The van der Waals surface area contributed by atoms with Gasteiger partial charge in [0.15, 0.2) is 0 Å². The lowest BCUT2D eigenvalue weighted by molar-refractivity contribution is 0.0946. The molecule has 1 heterocycles. The number of rotatable bonds is 4. The van der Waals surface area contributed by atoms with Crippen LogP contribution in [0.1, 0.15) is 23.7 Å². The van der Waals surface area contributed by atoms with Crippen LogP contribution in [0.5, 0.6) is 0 Å². The van der Waals surface area contributed by atoms with Crippen molar-refractivity contribution in [2.45, 2.75) is 19.4 Å². The zero-order valence-electron chi connectivity index (χ0n) is 7.82. The normalized spacial score (nSPS) is 12.1. The van der Waals surface area contributed by atoms with E-state index >= 15 is 0 Å². The topological polar surface area (TPSA) is 68.3 Å². The van der Waals surface area contributed by atoms with Crippen molar-refractivity contribution in [2.24, 2.45) is 5.73 Å². The van der Waals surface area contributed by atoms with Gasteiger partial charge in [0, 0.05) is 0 Å². The minimum absolute atomic E-state index is 0.224. The molecular formula is C9H12N2O2S. The van der Waals surface area contributed by atoms with Gasteiger partial charge >= 0.3 is 0 Å². The minimum atomic E-state index is -0.257. The predicted octanol–water partition coefficient (Wildman–Crippen LogP) is 1.07. The molecule has 3 N–H and O–H groups in total. The lowest BCUT2D eigenvalue weighted by atomic mass is 10.2. The van der Waals surface area contributed by atoms with Crippen molar-refractivity contribution in [3.8, 4) is 0 Å². The lowest BCUT2D eigenvalue weighted by Gasteiger charge is -2.14. The predicted molar refractivity (Wildman–Crippen MR) is 57.0 cm³/mol. The van der Waals surface area contributed by atoms with E-state index in [4.69, 9.17) is 22.4 Å². The van der Waals surface area contributed by atoms with Gasteiger partial charge in [-0.1, -0.05) is 19.1 Å². The standard InChI is InChI=1S/C9H12N2O2S/c1-2-7(8(10)14)11-9(12)6-3-4-13-5-6/h3-5,7H,2H2,1H3,(H2,10,14)(H,11,12). The molecule has 4 nitrogen and oxygen atoms in total. The highest BCUT2D eigenvalue weighted by atomic mass is 32.1. The molecule has 1 atom stereocenters. The van der Waals surface area contributed by atoms with Crippen molar-refractivity contribution in [3.05, 3.63) is 24.2 Å². The summed E-state index contributed by atoms with van der Waals surface area (Å²) in [6, 6.07) is 1.33. The van der Waals surface area contributed by atoms with Gasteiger partial charge in [-0.05, 0) is 12.5 Å². The fraction of sp³-hybridized carbons (Fsp3) is 0.333. The molecule has 0 saturated carbocycles. The van der Waals surface area contributed by atoms with Gasteiger partial charge in [-0.2, -0.15) is 0 Å². The van der Waals surface area contributed by atoms with Crippen molar-refractivity contribution in [1.82, 2.24) is 5.32 Å². The monoisotopic (exact) mass is 212 g/mol. The van der Waals surface area contributed by atoms with Crippen LogP contribution in [0.2, 0.25) is 0 Å². The number of thiocarbonyl (C=S) groups is 1. The van der Waals surface area contributed by atoms with E-state index in [9.17, 15) is 4.79 Å². The molecule has 0 fully saturated rings. The van der Waals surface area contributed by atoms with Crippen LogP contribution in [-0.4, -0.2) is 16.9 Å². The summed E-state index contributed by atoms with van der Waals surface area (Å²) in [5, 5.41) is 2.70. The molecule has 0 aliphatic carbocycles. The molecule has 0 spiro atoms. The number of amides is 1. The van der Waals surface area contributed by atoms with Gasteiger partial charge in [-0.15, -0.1) is 0 Å². The number of carbonyl (C=O) groups excluding carboxylic acids is 1. The van der Waals surface area contributed by atoms with Crippen molar-refractivity contribution in [2.75, 3.05) is 0 Å². The summed E-state index contributed by atoms with van der Waals surface area (Å²) < 4.78 is 4.79. The average molecular weight is 212 g/mol. The van der Waals surface area contributed by atoms with Crippen LogP contribution in [0.3, 0.4) is 0 Å². The Hall–Kier alpha value is -1.36. The van der Waals surface area contributed by atoms with E-state index in [2.05, 4.69) is 5.32 Å². The van der Waals surface area contributed by atoms with Gasteiger partial charge in [0.2, 0.25) is 0 Å². The molecule has 5 heteroatoms. The molecule has 0 aliphatic heterocycles. The van der Waals surface area contributed by atoms with Crippen LogP contribution < -0.4 is 11.1 Å². The van der Waals surface area contributed by atoms with Crippen LogP contribution in [-0.2, 0) is 0 Å². The van der Waals surface area contributed by atoms with E-state index in [1.807, 2.05) is 6.92 Å². The van der Waals surface area contributed by atoms with Gasteiger partial charge in [0.25, 0.3) is 5.91 Å². The Bertz CT molecular complexity index is 322. The SMILES string of the molecule is CCC(NC(=O)c1ccoc1)C(N)=S. The highest BCUT2D eigenvalue weighted by molar-refractivity contribution is 7.80. The second kappa shape index (κ2) is 4.76. The van der Waals surface area contributed by atoms with Crippen LogP contribution in [0, 0.1) is 0 Å². The smallest absolute Gasteiger partial charge is 0.255 e. The quantitative estimate of drug-likeness (QED) is 0.733. The lowest BCUT2D eigenvalue weighted by Crippen LogP contribution is -2.42. The third-order valence-electron chi connectivity index (χ3n) is 1.84. The van der Waals surface area contributed by atoms with E-state index in [0.29, 0.717) is 17.0 Å². The number of hydrogen-bond donors (Lipinski definition) is 2. The zero-order valence-corrected chi connectivity index (χ0v) is 8.64. The number of hydrogen-bond acceptors (Lipinski definition) is 3. The second-order valence-electron chi connectivity index (χ2n) is 2.85. The Balaban J connectivity index is 2.60. The Morgan fingerprint density at radius 3 is 2.93 bits per heavy atom. The van der Waals surface area contributed by atoms with E-state index < -0.39 is 0 Å². The Morgan fingerprint density at radius 1 is 1.79 bits per heavy atom. The Kier molecular flexibility index (Phi) is 3.64. The van der Waals surface area contributed by atoms with Gasteiger partial charge < -0.3 is 15.5 Å². The maximum absolute atomic E-state index is 11.5. The number of nitrogens with one attached hydrogen (secondary N) is 1. The molecular weight excluding hydrogens is 200 g/mol. The van der Waals surface area contributed by atoms with Gasteiger partial charge in [-0.25, -0.2) is 0 Å². The van der Waals surface area contributed by atoms with Crippen LogP contribution in [0.4, 0.5) is 0 Å². The van der Waals surface area contributed by atoms with Crippen LogP contribution in [0.15, 0.2) is 23.0 Å². The third kappa shape index (κ3) is 2.56. The summed E-state index contributed by atoms with van der Waals surface area (Å²) in [6.07, 6.45) is 3.50. The summed E-state index contributed by atoms with van der Waals surface area (Å²) in [4.78, 5) is 11.8. The first-order chi connectivity index (χ1) is 6.65. The fourth-order valence-corrected chi connectivity index (χ4v) is 1.24. The first kappa shape index (κ1) is 10.7. The van der Waals surface area contributed by atoms with Crippen molar-refractivity contribution in [3.63, 3.8) is 0 Å². The van der Waals surface area contributed by atoms with E-state index in [0.717, 1.165) is 0 Å². The molecule has 0 radical (unpaired) electrons. The van der Waals surface area contributed by atoms with Crippen molar-refractivity contribution >= 4 is 23.1 Å². The van der Waals surface area contributed by atoms with Gasteiger partial charge in [0.05, 0.1) is 22.9 Å². The summed E-state index contributed by atoms with van der Waals surface area (Å²) in [7, 11) is 0.